The summed E-state index contributed by atoms with van der Waals surface area (Å²) < 4.78 is 0. The molecule has 0 saturated carbocycles. The van der Waals surface area contributed by atoms with Gasteiger partial charge in [0.15, 0.2) is 5.51 Å². The Labute approximate surface area is 127 Å². The Hall–Kier alpha value is -2.02. The predicted octanol–water partition coefficient (Wildman–Crippen LogP) is 1.44. The zero-order chi connectivity index (χ0) is 15.0. The van der Waals surface area contributed by atoms with E-state index in [1.54, 1.807) is 0 Å². The standard InChI is InChI=1S/C14H16N5OS/c1-3-19(4-2)14-17-10-8(11(18-14)13(15)20)5-6-9-12(10)21-7-16-9/h3-6H2,1-2H3,(H2,15,20). The number of primary amides is 1. The second-order valence-electron chi connectivity index (χ2n) is 4.82. The van der Waals surface area contributed by atoms with E-state index in [1.165, 1.54) is 11.3 Å². The highest BCUT2D eigenvalue weighted by Crippen LogP contribution is 2.36. The molecule has 0 saturated heterocycles. The minimum atomic E-state index is -0.501. The van der Waals surface area contributed by atoms with E-state index in [2.05, 4.69) is 20.5 Å². The maximum absolute atomic E-state index is 11.8. The van der Waals surface area contributed by atoms with E-state index in [0.29, 0.717) is 18.1 Å². The van der Waals surface area contributed by atoms with Crippen LogP contribution in [0.15, 0.2) is 0 Å². The maximum atomic E-state index is 11.8. The molecule has 1 radical (unpaired) electrons. The van der Waals surface area contributed by atoms with Crippen molar-refractivity contribution >= 4 is 23.2 Å². The van der Waals surface area contributed by atoms with Crippen LogP contribution in [-0.4, -0.2) is 33.9 Å². The van der Waals surface area contributed by atoms with Crippen molar-refractivity contribution in [1.29, 1.82) is 0 Å². The lowest BCUT2D eigenvalue weighted by Crippen LogP contribution is -2.28. The number of amides is 1. The first-order chi connectivity index (χ1) is 10.2. The number of anilines is 1. The molecule has 2 aromatic heterocycles. The molecule has 0 spiro atoms. The molecule has 0 aliphatic heterocycles. The van der Waals surface area contributed by atoms with Crippen molar-refractivity contribution in [2.45, 2.75) is 26.7 Å². The molecule has 6 nitrogen and oxygen atoms in total. The van der Waals surface area contributed by atoms with E-state index in [4.69, 9.17) is 5.73 Å². The van der Waals surface area contributed by atoms with Crippen LogP contribution < -0.4 is 10.6 Å². The number of aryl methyl sites for hydroxylation is 1. The number of hydrogen-bond acceptors (Lipinski definition) is 6. The summed E-state index contributed by atoms with van der Waals surface area (Å²) in [6.45, 7) is 5.61. The summed E-state index contributed by atoms with van der Waals surface area (Å²) in [6.07, 6.45) is 1.47. The molecule has 1 amide bonds. The third-order valence-corrected chi connectivity index (χ3v) is 4.51. The van der Waals surface area contributed by atoms with Gasteiger partial charge in [0.2, 0.25) is 5.95 Å². The van der Waals surface area contributed by atoms with Gasteiger partial charge in [0.1, 0.15) is 5.69 Å². The topological polar surface area (TPSA) is 85.0 Å². The molecule has 2 heterocycles. The van der Waals surface area contributed by atoms with E-state index in [-0.39, 0.29) is 0 Å². The average molecular weight is 302 g/mol. The predicted molar refractivity (Wildman–Crippen MR) is 81.5 cm³/mol. The molecule has 0 bridgehead atoms. The summed E-state index contributed by atoms with van der Waals surface area (Å²) in [5, 5.41) is 0. The lowest BCUT2D eigenvalue weighted by Gasteiger charge is -2.23. The van der Waals surface area contributed by atoms with E-state index in [9.17, 15) is 4.79 Å². The van der Waals surface area contributed by atoms with Crippen LogP contribution in [0.4, 0.5) is 5.95 Å². The van der Waals surface area contributed by atoms with Crippen LogP contribution in [0.1, 0.15) is 35.6 Å². The van der Waals surface area contributed by atoms with Crippen molar-refractivity contribution in [3.05, 3.63) is 22.5 Å². The minimum absolute atomic E-state index is 0.334. The van der Waals surface area contributed by atoms with Crippen molar-refractivity contribution < 1.29 is 4.79 Å². The molecule has 0 aromatic carbocycles. The number of nitrogens with two attached hydrogens (primary N) is 1. The summed E-state index contributed by atoms with van der Waals surface area (Å²) >= 11 is 1.43. The highest BCUT2D eigenvalue weighted by Gasteiger charge is 2.27. The lowest BCUT2D eigenvalue weighted by molar-refractivity contribution is 0.0994. The Morgan fingerprint density at radius 2 is 2.10 bits per heavy atom. The number of thiazole rings is 1. The van der Waals surface area contributed by atoms with Crippen LogP contribution in [0.25, 0.3) is 10.6 Å². The molecule has 2 aromatic rings. The van der Waals surface area contributed by atoms with Crippen LogP contribution in [0, 0.1) is 5.51 Å². The van der Waals surface area contributed by atoms with Crippen LogP contribution in [-0.2, 0) is 12.8 Å². The largest absolute Gasteiger partial charge is 0.364 e. The van der Waals surface area contributed by atoms with E-state index in [0.717, 1.165) is 41.3 Å². The quantitative estimate of drug-likeness (QED) is 0.924. The Morgan fingerprint density at radius 3 is 2.76 bits per heavy atom. The zero-order valence-corrected chi connectivity index (χ0v) is 12.8. The van der Waals surface area contributed by atoms with Crippen molar-refractivity contribution in [2.24, 2.45) is 5.73 Å². The molecule has 7 heteroatoms. The van der Waals surface area contributed by atoms with E-state index >= 15 is 0 Å². The highest BCUT2D eigenvalue weighted by molar-refractivity contribution is 7.13. The number of carbonyl (C=O) groups is 1. The first-order valence-corrected chi connectivity index (χ1v) is 7.79. The van der Waals surface area contributed by atoms with Gasteiger partial charge in [0.25, 0.3) is 5.91 Å². The van der Waals surface area contributed by atoms with Crippen molar-refractivity contribution in [1.82, 2.24) is 15.0 Å². The Balaban J connectivity index is 2.23. The van der Waals surface area contributed by atoms with Gasteiger partial charge in [0.05, 0.1) is 16.3 Å². The number of carbonyl (C=O) groups excluding carboxylic acids is 1. The SMILES string of the molecule is CCN(CC)c1nc(C(N)=O)c2c(n1)-c1s[c]nc1CC2. The first-order valence-electron chi connectivity index (χ1n) is 6.97. The Bertz CT molecular complexity index is 693. The van der Waals surface area contributed by atoms with Crippen molar-refractivity contribution in [3.63, 3.8) is 0 Å². The molecule has 1 aliphatic rings. The molecule has 1 aliphatic carbocycles. The van der Waals surface area contributed by atoms with Crippen molar-refractivity contribution in [2.75, 3.05) is 18.0 Å². The number of hydrogen-bond donors (Lipinski definition) is 1. The average Bonchev–Trinajstić information content (AvgIpc) is 2.96. The molecule has 2 N–H and O–H groups in total. The summed E-state index contributed by atoms with van der Waals surface area (Å²) in [7, 11) is 0. The number of fused-ring (bicyclic) bond motifs is 3. The molecule has 0 fully saturated rings. The number of aromatic nitrogens is 3. The summed E-state index contributed by atoms with van der Waals surface area (Å²) in [5.41, 5.74) is 11.4. The van der Waals surface area contributed by atoms with Gasteiger partial charge in [0, 0.05) is 18.7 Å². The maximum Gasteiger partial charge on any atom is 0.267 e. The third kappa shape index (κ3) is 2.27. The van der Waals surface area contributed by atoms with Gasteiger partial charge in [-0.3, -0.25) is 4.79 Å². The van der Waals surface area contributed by atoms with Gasteiger partial charge in [-0.2, -0.15) is 0 Å². The van der Waals surface area contributed by atoms with Gasteiger partial charge >= 0.3 is 0 Å². The second kappa shape index (κ2) is 5.40. The second-order valence-corrected chi connectivity index (χ2v) is 5.61. The first kappa shape index (κ1) is 13.9. The Morgan fingerprint density at radius 1 is 1.33 bits per heavy atom. The van der Waals surface area contributed by atoms with Gasteiger partial charge in [-0.05, 0) is 26.7 Å². The zero-order valence-electron chi connectivity index (χ0n) is 12.0. The minimum Gasteiger partial charge on any atom is -0.364 e. The molecule has 0 unspecified atom stereocenters. The van der Waals surface area contributed by atoms with Gasteiger partial charge in [-0.1, -0.05) is 0 Å². The monoisotopic (exact) mass is 302 g/mol. The lowest BCUT2D eigenvalue weighted by atomic mass is 9.96. The van der Waals surface area contributed by atoms with Gasteiger partial charge < -0.3 is 10.6 Å². The van der Waals surface area contributed by atoms with Crippen LogP contribution in [0.3, 0.4) is 0 Å². The number of nitrogens with zero attached hydrogens (tertiary/aromatic N) is 4. The van der Waals surface area contributed by atoms with E-state index in [1.807, 2.05) is 18.7 Å². The fourth-order valence-corrected chi connectivity index (χ4v) is 3.36. The molecular weight excluding hydrogens is 286 g/mol. The summed E-state index contributed by atoms with van der Waals surface area (Å²) in [6, 6.07) is 0. The summed E-state index contributed by atoms with van der Waals surface area (Å²) in [4.78, 5) is 28.1. The number of rotatable bonds is 4. The fourth-order valence-electron chi connectivity index (χ4n) is 2.58. The Kier molecular flexibility index (Phi) is 3.59. The van der Waals surface area contributed by atoms with Gasteiger partial charge in [-0.25, -0.2) is 15.0 Å². The fraction of sp³-hybridized carbons (Fsp3) is 0.429. The highest BCUT2D eigenvalue weighted by atomic mass is 32.1. The molecule has 0 atom stereocenters. The third-order valence-electron chi connectivity index (χ3n) is 3.69. The van der Waals surface area contributed by atoms with Crippen LogP contribution in [0.5, 0.6) is 0 Å². The smallest absolute Gasteiger partial charge is 0.267 e. The normalized spacial score (nSPS) is 12.7. The molecule has 109 valence electrons. The van der Waals surface area contributed by atoms with E-state index < -0.39 is 5.91 Å². The van der Waals surface area contributed by atoms with Gasteiger partial charge in [-0.15, -0.1) is 11.3 Å². The van der Waals surface area contributed by atoms with Crippen LogP contribution in [0.2, 0.25) is 0 Å². The van der Waals surface area contributed by atoms with Crippen molar-refractivity contribution in [3.8, 4) is 10.6 Å². The molecule has 21 heavy (non-hydrogen) atoms. The molecular formula is C14H16N5OS. The van der Waals surface area contributed by atoms with Crippen LogP contribution >= 0.6 is 11.3 Å². The summed E-state index contributed by atoms with van der Waals surface area (Å²) in [5.74, 6) is 0.0489. The molecule has 3 rings (SSSR count).